The summed E-state index contributed by atoms with van der Waals surface area (Å²) in [4.78, 5) is 19.9. The molecule has 36 heavy (non-hydrogen) atoms. The fourth-order valence-corrected chi connectivity index (χ4v) is 5.81. The Hall–Kier alpha value is -3.19. The van der Waals surface area contributed by atoms with Gasteiger partial charge >= 0.3 is 0 Å². The molecule has 0 bridgehead atoms. The minimum atomic E-state index is -0.275. The largest absolute Gasteiger partial charge is 0.436 e. The summed E-state index contributed by atoms with van der Waals surface area (Å²) >= 11 is 0. The second kappa shape index (κ2) is 9.69. The van der Waals surface area contributed by atoms with E-state index >= 15 is 0 Å². The lowest BCUT2D eigenvalue weighted by atomic mass is 9.98. The van der Waals surface area contributed by atoms with E-state index in [0.717, 1.165) is 59.8 Å². The molecule has 0 radical (unpaired) electrons. The average Bonchev–Trinajstić information content (AvgIpc) is 3.60. The number of benzene rings is 2. The van der Waals surface area contributed by atoms with Crippen molar-refractivity contribution >= 4 is 27.9 Å². The highest BCUT2D eigenvalue weighted by atomic mass is 19.1. The van der Waals surface area contributed by atoms with Crippen LogP contribution in [0.15, 0.2) is 47.0 Å². The van der Waals surface area contributed by atoms with Gasteiger partial charge in [0.15, 0.2) is 5.58 Å². The Morgan fingerprint density at radius 3 is 2.83 bits per heavy atom. The van der Waals surface area contributed by atoms with Crippen LogP contribution in [-0.2, 0) is 23.0 Å². The molecule has 1 atom stereocenters. The van der Waals surface area contributed by atoms with Crippen molar-refractivity contribution in [1.29, 1.82) is 0 Å². The van der Waals surface area contributed by atoms with E-state index in [4.69, 9.17) is 9.15 Å². The SMILES string of the molecule is Cn1cc(-c2nc3ccc(CC(=O)N4CCC[C@H]4COC4CCCCC4)cc3o2)c2ccc(F)cc21. The van der Waals surface area contributed by atoms with Gasteiger partial charge in [0, 0.05) is 25.2 Å². The third kappa shape index (κ3) is 4.52. The Kier molecular flexibility index (Phi) is 6.25. The quantitative estimate of drug-likeness (QED) is 0.333. The first-order valence-electron chi connectivity index (χ1n) is 13.1. The zero-order valence-corrected chi connectivity index (χ0v) is 20.7. The normalized spacial score (nSPS) is 19.1. The standard InChI is InChI=1S/C29H32FN3O3/c1-32-17-24(23-11-10-20(30)16-26(23)32)29-31-25-12-9-19(14-27(25)36-29)15-28(34)33-13-5-6-21(33)18-35-22-7-3-2-4-8-22/h9-12,14,16-17,21-22H,2-8,13,15,18H2,1H3/t21-/m0/s1. The van der Waals surface area contributed by atoms with E-state index in [-0.39, 0.29) is 17.8 Å². The molecule has 188 valence electrons. The van der Waals surface area contributed by atoms with Gasteiger partial charge in [-0.3, -0.25) is 4.79 Å². The summed E-state index contributed by atoms with van der Waals surface area (Å²) in [6, 6.07) is 10.7. The van der Waals surface area contributed by atoms with Crippen LogP contribution in [0.3, 0.4) is 0 Å². The number of nitrogens with zero attached hydrogens (tertiary/aromatic N) is 3. The maximum atomic E-state index is 13.7. The van der Waals surface area contributed by atoms with Gasteiger partial charge in [-0.05, 0) is 61.6 Å². The van der Waals surface area contributed by atoms with Crippen LogP contribution >= 0.6 is 0 Å². The van der Waals surface area contributed by atoms with Gasteiger partial charge < -0.3 is 18.6 Å². The molecule has 0 spiro atoms. The van der Waals surface area contributed by atoms with E-state index < -0.39 is 0 Å². The van der Waals surface area contributed by atoms with Crippen molar-refractivity contribution in [2.45, 2.75) is 63.5 Å². The monoisotopic (exact) mass is 489 g/mol. The summed E-state index contributed by atoms with van der Waals surface area (Å²) in [5, 5.41) is 0.886. The van der Waals surface area contributed by atoms with Gasteiger partial charge in [0.05, 0.1) is 36.3 Å². The Labute approximate surface area is 210 Å². The molecule has 0 N–H and O–H groups in total. The molecule has 2 fully saturated rings. The number of hydrogen-bond acceptors (Lipinski definition) is 4. The highest BCUT2D eigenvalue weighted by Gasteiger charge is 2.30. The molecule has 6 nitrogen and oxygen atoms in total. The molecule has 1 saturated heterocycles. The van der Waals surface area contributed by atoms with Gasteiger partial charge in [-0.1, -0.05) is 25.3 Å². The second-order valence-corrected chi connectivity index (χ2v) is 10.3. The van der Waals surface area contributed by atoms with E-state index in [9.17, 15) is 9.18 Å². The number of oxazole rings is 1. The molecular formula is C29H32FN3O3. The number of carbonyl (C=O) groups excluding carboxylic acids is 1. The van der Waals surface area contributed by atoms with E-state index in [1.54, 1.807) is 6.07 Å². The molecular weight excluding hydrogens is 457 g/mol. The van der Waals surface area contributed by atoms with Crippen LogP contribution < -0.4 is 0 Å². The van der Waals surface area contributed by atoms with E-state index in [1.807, 2.05) is 40.9 Å². The number of halogens is 1. The number of aryl methyl sites for hydroxylation is 1. The van der Waals surface area contributed by atoms with Gasteiger partial charge in [0.25, 0.3) is 0 Å². The minimum absolute atomic E-state index is 0.139. The van der Waals surface area contributed by atoms with Crippen LogP contribution in [0.2, 0.25) is 0 Å². The van der Waals surface area contributed by atoms with Gasteiger partial charge in [0.2, 0.25) is 11.8 Å². The molecule has 6 rings (SSSR count). The minimum Gasteiger partial charge on any atom is -0.436 e. The van der Waals surface area contributed by atoms with Gasteiger partial charge in [-0.25, -0.2) is 9.37 Å². The number of rotatable bonds is 6. The lowest BCUT2D eigenvalue weighted by Crippen LogP contribution is -2.40. The Bertz CT molecular complexity index is 1400. The zero-order chi connectivity index (χ0) is 24.6. The van der Waals surface area contributed by atoms with Crippen LogP contribution in [0.1, 0.15) is 50.5 Å². The van der Waals surface area contributed by atoms with Crippen molar-refractivity contribution in [3.8, 4) is 11.5 Å². The van der Waals surface area contributed by atoms with Crippen LogP contribution in [-0.4, -0.2) is 45.7 Å². The number of carbonyl (C=O) groups is 1. The molecule has 1 aliphatic heterocycles. The lowest BCUT2D eigenvalue weighted by molar-refractivity contribution is -0.133. The number of likely N-dealkylation sites (tertiary alicyclic amines) is 1. The molecule has 2 aromatic carbocycles. The highest BCUT2D eigenvalue weighted by Crippen LogP contribution is 2.33. The topological polar surface area (TPSA) is 60.5 Å². The van der Waals surface area contributed by atoms with Gasteiger partial charge in [-0.15, -0.1) is 0 Å². The molecule has 3 heterocycles. The Morgan fingerprint density at radius 2 is 1.97 bits per heavy atom. The fourth-order valence-electron chi connectivity index (χ4n) is 5.81. The molecule has 4 aromatic rings. The molecule has 0 unspecified atom stereocenters. The van der Waals surface area contributed by atoms with E-state index in [2.05, 4.69) is 4.98 Å². The predicted molar refractivity (Wildman–Crippen MR) is 137 cm³/mol. The van der Waals surface area contributed by atoms with E-state index in [1.165, 1.54) is 31.4 Å². The predicted octanol–water partition coefficient (Wildman–Crippen LogP) is 6.01. The average molecular weight is 490 g/mol. The third-order valence-electron chi connectivity index (χ3n) is 7.77. The Balaban J connectivity index is 1.17. The van der Waals surface area contributed by atoms with Gasteiger partial charge in [0.1, 0.15) is 11.3 Å². The summed E-state index contributed by atoms with van der Waals surface area (Å²) in [6.07, 6.45) is 10.8. The summed E-state index contributed by atoms with van der Waals surface area (Å²) in [7, 11) is 1.88. The molecule has 2 aromatic heterocycles. The molecule has 1 saturated carbocycles. The number of ether oxygens (including phenoxy) is 1. The van der Waals surface area contributed by atoms with Crippen LogP contribution in [0, 0.1) is 5.82 Å². The maximum absolute atomic E-state index is 13.7. The summed E-state index contributed by atoms with van der Waals surface area (Å²) in [6.45, 7) is 1.45. The van der Waals surface area contributed by atoms with Gasteiger partial charge in [-0.2, -0.15) is 0 Å². The summed E-state index contributed by atoms with van der Waals surface area (Å²) in [5.74, 6) is 0.355. The smallest absolute Gasteiger partial charge is 0.229 e. The van der Waals surface area contributed by atoms with Crippen molar-refractivity contribution in [2.75, 3.05) is 13.2 Å². The van der Waals surface area contributed by atoms with Crippen molar-refractivity contribution < 1.29 is 18.3 Å². The number of amides is 1. The molecule has 1 amide bonds. The number of hydrogen-bond donors (Lipinski definition) is 0. The van der Waals surface area contributed by atoms with Crippen LogP contribution in [0.4, 0.5) is 4.39 Å². The third-order valence-corrected chi connectivity index (χ3v) is 7.77. The van der Waals surface area contributed by atoms with Crippen molar-refractivity contribution in [3.05, 3.63) is 54.0 Å². The first-order valence-corrected chi connectivity index (χ1v) is 13.1. The lowest BCUT2D eigenvalue weighted by Gasteiger charge is -2.28. The van der Waals surface area contributed by atoms with Crippen molar-refractivity contribution in [2.24, 2.45) is 7.05 Å². The van der Waals surface area contributed by atoms with Crippen LogP contribution in [0.25, 0.3) is 33.5 Å². The second-order valence-electron chi connectivity index (χ2n) is 10.3. The first-order chi connectivity index (χ1) is 17.5. The molecule has 1 aliphatic carbocycles. The van der Waals surface area contributed by atoms with E-state index in [0.29, 0.717) is 30.6 Å². The highest BCUT2D eigenvalue weighted by molar-refractivity contribution is 5.95. The molecule has 2 aliphatic rings. The molecule has 7 heteroatoms. The van der Waals surface area contributed by atoms with Crippen molar-refractivity contribution in [1.82, 2.24) is 14.5 Å². The zero-order valence-electron chi connectivity index (χ0n) is 20.7. The summed E-state index contributed by atoms with van der Waals surface area (Å²) in [5.41, 5.74) is 3.90. The van der Waals surface area contributed by atoms with Crippen LogP contribution in [0.5, 0.6) is 0 Å². The number of fused-ring (bicyclic) bond motifs is 2. The Morgan fingerprint density at radius 1 is 1.11 bits per heavy atom. The fraction of sp³-hybridized carbons (Fsp3) is 0.448. The van der Waals surface area contributed by atoms with Crippen molar-refractivity contribution in [3.63, 3.8) is 0 Å². The first kappa shape index (κ1) is 23.2. The maximum Gasteiger partial charge on any atom is 0.229 e. The summed E-state index contributed by atoms with van der Waals surface area (Å²) < 4.78 is 27.9. The number of aromatic nitrogens is 2.